The molecule has 0 radical (unpaired) electrons. The molecule has 94 valence electrons. The van der Waals surface area contributed by atoms with E-state index < -0.39 is 0 Å². The second kappa shape index (κ2) is 4.65. The third-order valence-corrected chi connectivity index (χ3v) is 2.91. The molecule has 0 amide bonds. The molecule has 3 aromatic rings. The minimum absolute atomic E-state index is 0.226. The lowest BCUT2D eigenvalue weighted by Gasteiger charge is -1.98. The van der Waals surface area contributed by atoms with Crippen LogP contribution in [0.5, 0.6) is 0 Å². The third-order valence-electron chi connectivity index (χ3n) is 2.91. The van der Waals surface area contributed by atoms with Gasteiger partial charge in [-0.2, -0.15) is 0 Å². The maximum Gasteiger partial charge on any atom is 0.167 e. The van der Waals surface area contributed by atoms with Crippen LogP contribution in [0, 0.1) is 12.7 Å². The predicted octanol–water partition coefficient (Wildman–Crippen LogP) is 3.85. The number of pyridine rings is 1. The largest absolute Gasteiger partial charge is 0.356 e. The van der Waals surface area contributed by atoms with Gasteiger partial charge in [-0.3, -0.25) is 4.98 Å². The molecule has 0 fully saturated rings. The molecule has 0 saturated carbocycles. The van der Waals surface area contributed by atoms with Gasteiger partial charge in [0.15, 0.2) is 5.76 Å². The maximum absolute atomic E-state index is 13.2. The van der Waals surface area contributed by atoms with Crippen molar-refractivity contribution in [3.05, 3.63) is 60.2 Å². The van der Waals surface area contributed by atoms with Crippen LogP contribution < -0.4 is 0 Å². The molecule has 2 heterocycles. The summed E-state index contributed by atoms with van der Waals surface area (Å²) in [7, 11) is 0. The first-order valence-electron chi connectivity index (χ1n) is 5.88. The highest BCUT2D eigenvalue weighted by Crippen LogP contribution is 2.26. The molecule has 0 N–H and O–H groups in total. The normalized spacial score (nSPS) is 10.6. The van der Waals surface area contributed by atoms with Crippen molar-refractivity contribution in [2.75, 3.05) is 0 Å². The monoisotopic (exact) mass is 254 g/mol. The smallest absolute Gasteiger partial charge is 0.167 e. The van der Waals surface area contributed by atoms with Crippen LogP contribution in [0.3, 0.4) is 0 Å². The highest BCUT2D eigenvalue weighted by molar-refractivity contribution is 5.66. The summed E-state index contributed by atoms with van der Waals surface area (Å²) in [5.41, 5.74) is 2.99. The Balaban J connectivity index is 1.99. The van der Waals surface area contributed by atoms with E-state index in [2.05, 4.69) is 10.1 Å². The Hall–Kier alpha value is -2.49. The molecule has 4 heteroatoms. The van der Waals surface area contributed by atoms with E-state index in [1.54, 1.807) is 31.5 Å². The summed E-state index contributed by atoms with van der Waals surface area (Å²) in [4.78, 5) is 4.04. The highest BCUT2D eigenvalue weighted by atomic mass is 19.1. The fraction of sp³-hybridized carbons (Fsp3) is 0.0667. The summed E-state index contributed by atoms with van der Waals surface area (Å²) < 4.78 is 18.5. The zero-order valence-corrected chi connectivity index (χ0v) is 10.3. The van der Waals surface area contributed by atoms with E-state index in [0.717, 1.165) is 11.1 Å². The molecular weight excluding hydrogens is 243 g/mol. The van der Waals surface area contributed by atoms with E-state index in [1.807, 2.05) is 18.2 Å². The molecule has 1 aromatic carbocycles. The lowest BCUT2D eigenvalue weighted by Crippen LogP contribution is -1.82. The zero-order chi connectivity index (χ0) is 13.2. The third kappa shape index (κ3) is 2.25. The molecule has 2 aromatic heterocycles. The average molecular weight is 254 g/mol. The molecule has 0 spiro atoms. The number of rotatable bonds is 2. The van der Waals surface area contributed by atoms with Crippen LogP contribution in [0.25, 0.3) is 22.6 Å². The minimum atomic E-state index is -0.226. The number of halogens is 1. The van der Waals surface area contributed by atoms with Crippen molar-refractivity contribution in [2.24, 2.45) is 0 Å². The van der Waals surface area contributed by atoms with Crippen LogP contribution in [0.2, 0.25) is 0 Å². The van der Waals surface area contributed by atoms with Crippen LogP contribution in [-0.2, 0) is 0 Å². The number of aromatic nitrogens is 2. The van der Waals surface area contributed by atoms with Gasteiger partial charge in [-0.1, -0.05) is 5.16 Å². The van der Waals surface area contributed by atoms with Gasteiger partial charge in [0, 0.05) is 29.6 Å². The standard InChI is InChI=1S/C15H11FN2O/c1-10-7-11(4-5-13(10)16)15-8-14(18-19-15)12-3-2-6-17-9-12/h2-9H,1H3. The maximum atomic E-state index is 13.2. The van der Waals surface area contributed by atoms with Gasteiger partial charge in [-0.25, -0.2) is 4.39 Å². The van der Waals surface area contributed by atoms with E-state index in [9.17, 15) is 4.39 Å². The molecule has 0 aliphatic heterocycles. The van der Waals surface area contributed by atoms with E-state index >= 15 is 0 Å². The van der Waals surface area contributed by atoms with Gasteiger partial charge < -0.3 is 4.52 Å². The summed E-state index contributed by atoms with van der Waals surface area (Å²) in [5.74, 6) is 0.387. The van der Waals surface area contributed by atoms with Gasteiger partial charge >= 0.3 is 0 Å². The average Bonchev–Trinajstić information content (AvgIpc) is 2.93. The summed E-state index contributed by atoms with van der Waals surface area (Å²) in [6.07, 6.45) is 3.42. The summed E-state index contributed by atoms with van der Waals surface area (Å²) >= 11 is 0. The van der Waals surface area contributed by atoms with Crippen LogP contribution in [-0.4, -0.2) is 10.1 Å². The SMILES string of the molecule is Cc1cc(-c2cc(-c3cccnc3)no2)ccc1F. The molecule has 0 unspecified atom stereocenters. The first-order chi connectivity index (χ1) is 9.24. The van der Waals surface area contributed by atoms with Crippen LogP contribution in [0.1, 0.15) is 5.56 Å². The number of hydrogen-bond donors (Lipinski definition) is 0. The number of benzene rings is 1. The lowest BCUT2D eigenvalue weighted by atomic mass is 10.1. The zero-order valence-electron chi connectivity index (χ0n) is 10.3. The Kier molecular flexibility index (Phi) is 2.83. The lowest BCUT2D eigenvalue weighted by molar-refractivity contribution is 0.435. The van der Waals surface area contributed by atoms with Crippen molar-refractivity contribution >= 4 is 0 Å². The van der Waals surface area contributed by atoms with Crippen molar-refractivity contribution in [2.45, 2.75) is 6.92 Å². The predicted molar refractivity (Wildman–Crippen MR) is 69.9 cm³/mol. The quantitative estimate of drug-likeness (QED) is 0.697. The van der Waals surface area contributed by atoms with Crippen LogP contribution in [0.4, 0.5) is 4.39 Å². The van der Waals surface area contributed by atoms with Gasteiger partial charge in [0.2, 0.25) is 0 Å². The molecule has 3 rings (SSSR count). The Morgan fingerprint density at radius 3 is 2.74 bits per heavy atom. The van der Waals surface area contributed by atoms with E-state index in [1.165, 1.54) is 6.07 Å². The van der Waals surface area contributed by atoms with Crippen molar-refractivity contribution < 1.29 is 8.91 Å². The Bertz CT molecular complexity index is 707. The summed E-state index contributed by atoms with van der Waals surface area (Å²) in [6.45, 7) is 1.72. The molecule has 0 aliphatic rings. The van der Waals surface area contributed by atoms with Crippen molar-refractivity contribution in [3.63, 3.8) is 0 Å². The minimum Gasteiger partial charge on any atom is -0.356 e. The van der Waals surface area contributed by atoms with Crippen LogP contribution >= 0.6 is 0 Å². The molecule has 0 atom stereocenters. The number of nitrogens with zero attached hydrogens (tertiary/aromatic N) is 2. The van der Waals surface area contributed by atoms with Crippen molar-refractivity contribution in [1.29, 1.82) is 0 Å². The Morgan fingerprint density at radius 2 is 2.00 bits per heavy atom. The van der Waals surface area contributed by atoms with Crippen LogP contribution in [0.15, 0.2) is 53.3 Å². The summed E-state index contributed by atoms with van der Waals surface area (Å²) in [6, 6.07) is 10.4. The topological polar surface area (TPSA) is 38.9 Å². The second-order valence-electron chi connectivity index (χ2n) is 4.28. The Morgan fingerprint density at radius 1 is 1.11 bits per heavy atom. The van der Waals surface area contributed by atoms with Crippen molar-refractivity contribution in [1.82, 2.24) is 10.1 Å². The molecule has 0 aliphatic carbocycles. The van der Waals surface area contributed by atoms with Gasteiger partial charge in [-0.05, 0) is 42.8 Å². The molecule has 3 nitrogen and oxygen atoms in total. The van der Waals surface area contributed by atoms with Gasteiger partial charge in [0.05, 0.1) is 0 Å². The van der Waals surface area contributed by atoms with Gasteiger partial charge in [0.25, 0.3) is 0 Å². The number of aryl methyl sites for hydroxylation is 1. The molecule has 0 saturated heterocycles. The fourth-order valence-corrected chi connectivity index (χ4v) is 1.86. The summed E-state index contributed by atoms with van der Waals surface area (Å²) in [5, 5.41) is 4.01. The molecule has 0 bridgehead atoms. The first kappa shape index (κ1) is 11.6. The second-order valence-corrected chi connectivity index (χ2v) is 4.28. The van der Waals surface area contributed by atoms with Crippen molar-refractivity contribution in [3.8, 4) is 22.6 Å². The van der Waals surface area contributed by atoms with E-state index in [-0.39, 0.29) is 5.82 Å². The molecular formula is C15H11FN2O. The van der Waals surface area contributed by atoms with E-state index in [0.29, 0.717) is 17.0 Å². The first-order valence-corrected chi connectivity index (χ1v) is 5.88. The fourth-order valence-electron chi connectivity index (χ4n) is 1.86. The van der Waals surface area contributed by atoms with E-state index in [4.69, 9.17) is 4.52 Å². The number of hydrogen-bond acceptors (Lipinski definition) is 3. The van der Waals surface area contributed by atoms with Gasteiger partial charge in [0.1, 0.15) is 11.5 Å². The Labute approximate surface area is 109 Å². The van der Waals surface area contributed by atoms with Gasteiger partial charge in [-0.15, -0.1) is 0 Å². The molecule has 19 heavy (non-hydrogen) atoms. The highest BCUT2D eigenvalue weighted by Gasteiger charge is 2.09.